The van der Waals surface area contributed by atoms with E-state index in [-0.39, 0.29) is 30.4 Å². The van der Waals surface area contributed by atoms with Crippen molar-refractivity contribution in [1.29, 1.82) is 0 Å². The van der Waals surface area contributed by atoms with Crippen LogP contribution in [0.15, 0.2) is 27.5 Å². The molecule has 1 atom stereocenters. The molecule has 0 bridgehead atoms. The number of aliphatic carboxylic acids is 1. The van der Waals surface area contributed by atoms with Crippen LogP contribution in [0.5, 0.6) is 0 Å². The van der Waals surface area contributed by atoms with Crippen LogP contribution in [0.4, 0.5) is 0 Å². The average Bonchev–Trinajstić information content (AvgIpc) is 2.98. The van der Waals surface area contributed by atoms with Crippen LogP contribution in [0.25, 0.3) is 11.0 Å². The Morgan fingerprint density at radius 3 is 2.78 bits per heavy atom. The molecular weight excluding hydrogens is 374 g/mol. The highest BCUT2D eigenvalue weighted by Gasteiger charge is 2.33. The number of fused-ring (bicyclic) bond motifs is 1. The number of hydrogen-bond donors (Lipinski definition) is 1. The van der Waals surface area contributed by atoms with Crippen LogP contribution < -0.4 is 0 Å². The molecule has 1 aromatic heterocycles. The first-order valence-corrected chi connectivity index (χ1v) is 10.1. The largest absolute Gasteiger partial charge is 0.481 e. The predicted octanol–water partition coefficient (Wildman–Crippen LogP) is 2.40. The number of piperidine rings is 1. The summed E-state index contributed by atoms with van der Waals surface area (Å²) >= 11 is 0. The van der Waals surface area contributed by atoms with Gasteiger partial charge in [0.2, 0.25) is 15.8 Å². The number of rotatable bonds is 5. The van der Waals surface area contributed by atoms with Crippen molar-refractivity contribution in [2.45, 2.75) is 31.6 Å². The van der Waals surface area contributed by atoms with Gasteiger partial charge in [0, 0.05) is 24.0 Å². The Balaban J connectivity index is 1.97. The molecule has 0 spiro atoms. The molecule has 0 saturated carbocycles. The fourth-order valence-electron chi connectivity index (χ4n) is 3.26. The number of furan rings is 1. The molecule has 1 N–H and O–H groups in total. The van der Waals surface area contributed by atoms with Gasteiger partial charge in [-0.05, 0) is 44.9 Å². The Hall–Kier alpha value is -2.39. The molecular formula is C18H21NO7S. The number of nitrogens with zero attached hydrogens (tertiary/aromatic N) is 1. The maximum atomic E-state index is 13.0. The molecule has 0 amide bonds. The van der Waals surface area contributed by atoms with Crippen LogP contribution in [0.2, 0.25) is 0 Å². The fourth-order valence-corrected chi connectivity index (χ4v) is 4.81. The van der Waals surface area contributed by atoms with E-state index in [1.54, 1.807) is 13.8 Å². The molecule has 27 heavy (non-hydrogen) atoms. The van der Waals surface area contributed by atoms with Crippen LogP contribution in [-0.4, -0.2) is 49.5 Å². The van der Waals surface area contributed by atoms with E-state index in [4.69, 9.17) is 9.15 Å². The summed E-state index contributed by atoms with van der Waals surface area (Å²) in [6.07, 6.45) is 0.959. The number of carboxylic acids is 1. The first kappa shape index (κ1) is 19.4. The van der Waals surface area contributed by atoms with Gasteiger partial charge in [0.1, 0.15) is 5.58 Å². The summed E-state index contributed by atoms with van der Waals surface area (Å²) in [4.78, 5) is 23.2. The lowest BCUT2D eigenvalue weighted by Crippen LogP contribution is -2.42. The monoisotopic (exact) mass is 395 g/mol. The summed E-state index contributed by atoms with van der Waals surface area (Å²) in [5.74, 6) is -2.25. The standard InChI is InChI=1S/C18H21NO7S/c1-3-25-18(22)16-11(2)14-9-13(6-7-15(14)26-16)27(23,24)19-8-4-5-12(10-19)17(20)21/h6-7,9,12H,3-5,8,10H2,1-2H3,(H,20,21). The third kappa shape index (κ3) is 3.57. The van der Waals surface area contributed by atoms with Crippen LogP contribution in [-0.2, 0) is 19.6 Å². The predicted molar refractivity (Wildman–Crippen MR) is 96.0 cm³/mol. The van der Waals surface area contributed by atoms with E-state index in [1.165, 1.54) is 22.5 Å². The van der Waals surface area contributed by atoms with Gasteiger partial charge < -0.3 is 14.3 Å². The minimum Gasteiger partial charge on any atom is -0.481 e. The molecule has 0 radical (unpaired) electrons. The summed E-state index contributed by atoms with van der Waals surface area (Å²) in [6.45, 7) is 3.78. The van der Waals surface area contributed by atoms with E-state index in [9.17, 15) is 23.1 Å². The number of benzene rings is 1. The third-order valence-corrected chi connectivity index (χ3v) is 6.60. The van der Waals surface area contributed by atoms with Gasteiger partial charge in [0.15, 0.2) is 0 Å². The van der Waals surface area contributed by atoms with Gasteiger partial charge >= 0.3 is 11.9 Å². The molecule has 0 aliphatic carbocycles. The highest BCUT2D eigenvalue weighted by Crippen LogP contribution is 2.30. The molecule has 1 aliphatic rings. The van der Waals surface area contributed by atoms with Crippen molar-refractivity contribution in [3.05, 3.63) is 29.5 Å². The van der Waals surface area contributed by atoms with Crippen LogP contribution >= 0.6 is 0 Å². The van der Waals surface area contributed by atoms with Gasteiger partial charge in [-0.15, -0.1) is 0 Å². The van der Waals surface area contributed by atoms with Crippen molar-refractivity contribution in [2.75, 3.05) is 19.7 Å². The minimum atomic E-state index is -3.85. The summed E-state index contributed by atoms with van der Waals surface area (Å²) in [5, 5.41) is 9.70. The number of carbonyl (C=O) groups is 2. The van der Waals surface area contributed by atoms with Gasteiger partial charge in [-0.3, -0.25) is 4.79 Å². The third-order valence-electron chi connectivity index (χ3n) is 4.74. The average molecular weight is 395 g/mol. The molecule has 9 heteroatoms. The van der Waals surface area contributed by atoms with E-state index < -0.39 is 27.9 Å². The molecule has 1 unspecified atom stereocenters. The van der Waals surface area contributed by atoms with Crippen molar-refractivity contribution < 1.29 is 32.3 Å². The number of ether oxygens (including phenoxy) is 1. The molecule has 1 aromatic carbocycles. The number of esters is 1. The van der Waals surface area contributed by atoms with Crippen molar-refractivity contribution >= 4 is 32.9 Å². The van der Waals surface area contributed by atoms with Gasteiger partial charge in [0.05, 0.1) is 17.4 Å². The zero-order valence-electron chi connectivity index (χ0n) is 15.1. The Bertz CT molecular complexity index is 993. The summed E-state index contributed by atoms with van der Waals surface area (Å²) in [6, 6.07) is 4.35. The van der Waals surface area contributed by atoms with Gasteiger partial charge in [-0.2, -0.15) is 4.31 Å². The van der Waals surface area contributed by atoms with Crippen molar-refractivity contribution in [3.63, 3.8) is 0 Å². The van der Waals surface area contributed by atoms with Crippen LogP contribution in [0, 0.1) is 12.8 Å². The Morgan fingerprint density at radius 2 is 2.11 bits per heavy atom. The normalized spacial score (nSPS) is 18.5. The minimum absolute atomic E-state index is 0.0420. The number of aryl methyl sites for hydroxylation is 1. The molecule has 3 rings (SSSR count). The van der Waals surface area contributed by atoms with E-state index in [0.29, 0.717) is 29.4 Å². The summed E-state index contributed by atoms with van der Waals surface area (Å²) < 4.78 is 37.6. The highest BCUT2D eigenvalue weighted by atomic mass is 32.2. The van der Waals surface area contributed by atoms with Crippen molar-refractivity contribution in [3.8, 4) is 0 Å². The highest BCUT2D eigenvalue weighted by molar-refractivity contribution is 7.89. The maximum Gasteiger partial charge on any atom is 0.374 e. The lowest BCUT2D eigenvalue weighted by Gasteiger charge is -2.29. The number of sulfonamides is 1. The second kappa shape index (κ2) is 7.32. The number of hydrogen-bond acceptors (Lipinski definition) is 6. The van der Waals surface area contributed by atoms with Crippen LogP contribution in [0.3, 0.4) is 0 Å². The molecule has 1 saturated heterocycles. The topological polar surface area (TPSA) is 114 Å². The molecule has 1 aliphatic heterocycles. The molecule has 2 aromatic rings. The molecule has 8 nitrogen and oxygen atoms in total. The summed E-state index contributed by atoms with van der Waals surface area (Å²) in [7, 11) is -3.85. The lowest BCUT2D eigenvalue weighted by atomic mass is 10.0. The zero-order chi connectivity index (χ0) is 19.8. The van der Waals surface area contributed by atoms with Gasteiger partial charge in [-0.25, -0.2) is 13.2 Å². The molecule has 2 heterocycles. The van der Waals surface area contributed by atoms with Gasteiger partial charge in [0.25, 0.3) is 0 Å². The van der Waals surface area contributed by atoms with Gasteiger partial charge in [-0.1, -0.05) is 0 Å². The Morgan fingerprint density at radius 1 is 1.37 bits per heavy atom. The zero-order valence-corrected chi connectivity index (χ0v) is 15.9. The summed E-state index contributed by atoms with van der Waals surface area (Å²) in [5.41, 5.74) is 0.888. The smallest absolute Gasteiger partial charge is 0.374 e. The Labute approximate surface area is 156 Å². The first-order valence-electron chi connectivity index (χ1n) is 8.69. The van der Waals surface area contributed by atoms with Crippen molar-refractivity contribution in [1.82, 2.24) is 4.31 Å². The maximum absolute atomic E-state index is 13.0. The number of carbonyl (C=O) groups excluding carboxylic acids is 1. The Kier molecular flexibility index (Phi) is 5.25. The quantitative estimate of drug-likeness (QED) is 0.773. The van der Waals surface area contributed by atoms with Crippen molar-refractivity contribution in [2.24, 2.45) is 5.92 Å². The van der Waals surface area contributed by atoms with Crippen LogP contribution in [0.1, 0.15) is 35.9 Å². The first-order chi connectivity index (χ1) is 12.8. The second-order valence-corrected chi connectivity index (χ2v) is 8.41. The molecule has 1 fully saturated rings. The van der Waals surface area contributed by atoms with E-state index in [2.05, 4.69) is 0 Å². The lowest BCUT2D eigenvalue weighted by molar-refractivity contribution is -0.142. The van der Waals surface area contributed by atoms with E-state index in [0.717, 1.165) is 0 Å². The SMILES string of the molecule is CCOC(=O)c1oc2ccc(S(=O)(=O)N3CCCC(C(=O)O)C3)cc2c1C. The second-order valence-electron chi connectivity index (χ2n) is 6.48. The number of carboxylic acid groups (broad SMARTS) is 1. The molecule has 146 valence electrons. The van der Waals surface area contributed by atoms with E-state index in [1.807, 2.05) is 0 Å². The fraction of sp³-hybridized carbons (Fsp3) is 0.444. The van der Waals surface area contributed by atoms with E-state index >= 15 is 0 Å².